The predicted molar refractivity (Wildman–Crippen MR) is 106 cm³/mol. The van der Waals surface area contributed by atoms with Crippen molar-refractivity contribution in [3.05, 3.63) is 59.9 Å². The fourth-order valence-corrected chi connectivity index (χ4v) is 5.26. The molecule has 5 rings (SSSR count). The van der Waals surface area contributed by atoms with E-state index in [1.54, 1.807) is 12.1 Å². The molecule has 0 bridgehead atoms. The molecule has 1 saturated carbocycles. The number of halogens is 1. The van der Waals surface area contributed by atoms with Gasteiger partial charge in [0, 0.05) is 48.9 Å². The quantitative estimate of drug-likeness (QED) is 0.791. The molecular weight excluding hydrogens is 339 g/mol. The van der Waals surface area contributed by atoms with E-state index in [1.165, 1.54) is 31.2 Å². The van der Waals surface area contributed by atoms with Gasteiger partial charge in [-0.1, -0.05) is 18.2 Å². The summed E-state index contributed by atoms with van der Waals surface area (Å²) < 4.78 is 19.1. The van der Waals surface area contributed by atoms with Crippen LogP contribution in [0.2, 0.25) is 0 Å². The maximum absolute atomic E-state index is 13.1. The molecule has 0 atom stereocenters. The summed E-state index contributed by atoms with van der Waals surface area (Å²) in [6, 6.07) is 16.2. The molecule has 2 aromatic rings. The molecule has 0 radical (unpaired) electrons. The van der Waals surface area contributed by atoms with Crippen LogP contribution in [0.3, 0.4) is 0 Å². The third-order valence-electron chi connectivity index (χ3n) is 6.90. The molecule has 1 saturated heterocycles. The zero-order chi connectivity index (χ0) is 18.3. The lowest BCUT2D eigenvalue weighted by atomic mass is 9.69. The van der Waals surface area contributed by atoms with E-state index in [9.17, 15) is 4.39 Å². The highest BCUT2D eigenvalue weighted by atomic mass is 19.1. The number of rotatable bonds is 2. The topological polar surface area (TPSA) is 15.7 Å². The number of ether oxygens (including phenoxy) is 1. The summed E-state index contributed by atoms with van der Waals surface area (Å²) in [4.78, 5) is 5.05. The van der Waals surface area contributed by atoms with Crippen molar-refractivity contribution in [2.24, 2.45) is 0 Å². The Hall–Kier alpha value is -2.07. The standard InChI is InChI=1S/C23H27FN2O/c24-18-5-7-19(8-6-18)25-13-15-26(16-14-25)20-9-11-23(12-10-20)17-27-22-4-2-1-3-21(22)23/h1-8,20H,9-17H2. The van der Waals surface area contributed by atoms with Gasteiger partial charge in [-0.15, -0.1) is 0 Å². The highest BCUT2D eigenvalue weighted by Crippen LogP contribution is 2.48. The largest absolute Gasteiger partial charge is 0.492 e. The molecule has 2 aliphatic heterocycles. The van der Waals surface area contributed by atoms with E-state index in [1.807, 2.05) is 12.1 Å². The average molecular weight is 366 g/mol. The van der Waals surface area contributed by atoms with Crippen LogP contribution in [0, 0.1) is 5.82 Å². The fraction of sp³-hybridized carbons (Fsp3) is 0.478. The highest BCUT2D eigenvalue weighted by molar-refractivity contribution is 5.47. The third-order valence-corrected chi connectivity index (χ3v) is 6.90. The Bertz CT molecular complexity index is 790. The van der Waals surface area contributed by atoms with E-state index in [2.05, 4.69) is 34.1 Å². The minimum atomic E-state index is -0.161. The van der Waals surface area contributed by atoms with E-state index >= 15 is 0 Å². The highest BCUT2D eigenvalue weighted by Gasteiger charge is 2.44. The van der Waals surface area contributed by atoms with E-state index in [4.69, 9.17) is 4.74 Å². The van der Waals surface area contributed by atoms with Crippen LogP contribution in [0.15, 0.2) is 48.5 Å². The van der Waals surface area contributed by atoms with Crippen LogP contribution in [0.25, 0.3) is 0 Å². The Morgan fingerprint density at radius 2 is 1.59 bits per heavy atom. The normalized spacial score (nSPS) is 28.2. The molecule has 4 heteroatoms. The molecule has 0 unspecified atom stereocenters. The molecule has 27 heavy (non-hydrogen) atoms. The summed E-state index contributed by atoms with van der Waals surface area (Å²) in [5, 5.41) is 0. The van der Waals surface area contributed by atoms with Crippen LogP contribution >= 0.6 is 0 Å². The summed E-state index contributed by atoms with van der Waals surface area (Å²) in [7, 11) is 0. The maximum Gasteiger partial charge on any atom is 0.123 e. The Kier molecular flexibility index (Phi) is 4.31. The van der Waals surface area contributed by atoms with Crippen molar-refractivity contribution in [1.29, 1.82) is 0 Å². The molecule has 2 fully saturated rings. The third kappa shape index (κ3) is 3.10. The van der Waals surface area contributed by atoms with Crippen LogP contribution in [0.4, 0.5) is 10.1 Å². The zero-order valence-electron chi connectivity index (χ0n) is 15.7. The second-order valence-corrected chi connectivity index (χ2v) is 8.30. The molecule has 2 heterocycles. The summed E-state index contributed by atoms with van der Waals surface area (Å²) in [5.74, 6) is 0.940. The van der Waals surface area contributed by atoms with Gasteiger partial charge in [-0.3, -0.25) is 4.90 Å². The van der Waals surface area contributed by atoms with Crippen molar-refractivity contribution < 1.29 is 9.13 Å². The van der Waals surface area contributed by atoms with E-state index in [0.717, 1.165) is 44.2 Å². The van der Waals surface area contributed by atoms with E-state index < -0.39 is 0 Å². The molecule has 2 aromatic carbocycles. The Balaban J connectivity index is 1.19. The van der Waals surface area contributed by atoms with Gasteiger partial charge in [0.15, 0.2) is 0 Å². The number of fused-ring (bicyclic) bond motifs is 2. The van der Waals surface area contributed by atoms with E-state index in [-0.39, 0.29) is 11.2 Å². The second kappa shape index (κ2) is 6.83. The second-order valence-electron chi connectivity index (χ2n) is 8.30. The van der Waals surface area contributed by atoms with Crippen molar-refractivity contribution in [3.63, 3.8) is 0 Å². The molecule has 0 amide bonds. The SMILES string of the molecule is Fc1ccc(N2CCN(C3CCC4(CC3)COc3ccccc34)CC2)cc1. The van der Waals surface area contributed by atoms with Crippen LogP contribution in [-0.4, -0.2) is 43.7 Å². The molecular formula is C23H27FN2O. The van der Waals surface area contributed by atoms with Gasteiger partial charge in [0.25, 0.3) is 0 Å². The van der Waals surface area contributed by atoms with Crippen molar-refractivity contribution in [2.75, 3.05) is 37.7 Å². The maximum atomic E-state index is 13.1. The predicted octanol–water partition coefficient (Wildman–Crippen LogP) is 4.22. The summed E-state index contributed by atoms with van der Waals surface area (Å²) in [6.45, 7) is 5.11. The van der Waals surface area contributed by atoms with Crippen molar-refractivity contribution in [2.45, 2.75) is 37.1 Å². The van der Waals surface area contributed by atoms with Gasteiger partial charge >= 0.3 is 0 Å². The first kappa shape index (κ1) is 17.1. The first-order valence-electron chi connectivity index (χ1n) is 10.2. The Morgan fingerprint density at radius 3 is 2.33 bits per heavy atom. The van der Waals surface area contributed by atoms with Crippen LogP contribution in [0.5, 0.6) is 5.75 Å². The van der Waals surface area contributed by atoms with Crippen LogP contribution < -0.4 is 9.64 Å². The van der Waals surface area contributed by atoms with E-state index in [0.29, 0.717) is 6.04 Å². The Labute approximate surface area is 160 Å². The lowest BCUT2D eigenvalue weighted by molar-refractivity contribution is 0.106. The smallest absolute Gasteiger partial charge is 0.123 e. The molecule has 1 spiro atoms. The molecule has 0 aromatic heterocycles. The number of hydrogen-bond donors (Lipinski definition) is 0. The fourth-order valence-electron chi connectivity index (χ4n) is 5.26. The Morgan fingerprint density at radius 1 is 0.889 bits per heavy atom. The zero-order valence-corrected chi connectivity index (χ0v) is 15.7. The van der Waals surface area contributed by atoms with Gasteiger partial charge in [-0.25, -0.2) is 4.39 Å². The molecule has 0 N–H and O–H groups in total. The van der Waals surface area contributed by atoms with Gasteiger partial charge in [0.1, 0.15) is 11.6 Å². The van der Waals surface area contributed by atoms with Crippen molar-refractivity contribution in [3.8, 4) is 5.75 Å². The summed E-state index contributed by atoms with van der Waals surface area (Å²) in [5.41, 5.74) is 2.83. The van der Waals surface area contributed by atoms with Gasteiger partial charge < -0.3 is 9.64 Å². The number of para-hydroxylation sites is 1. The van der Waals surface area contributed by atoms with Gasteiger partial charge in [-0.05, 0) is 56.0 Å². The molecule has 3 aliphatic rings. The average Bonchev–Trinajstić information content (AvgIpc) is 3.08. The number of hydrogen-bond acceptors (Lipinski definition) is 3. The van der Waals surface area contributed by atoms with Crippen LogP contribution in [-0.2, 0) is 5.41 Å². The van der Waals surface area contributed by atoms with Crippen molar-refractivity contribution in [1.82, 2.24) is 4.90 Å². The van der Waals surface area contributed by atoms with Gasteiger partial charge in [-0.2, -0.15) is 0 Å². The lowest BCUT2D eigenvalue weighted by Crippen LogP contribution is -2.52. The molecule has 142 valence electrons. The van der Waals surface area contributed by atoms with Gasteiger partial charge in [0.05, 0.1) is 6.61 Å². The first-order chi connectivity index (χ1) is 13.2. The summed E-state index contributed by atoms with van der Waals surface area (Å²) >= 11 is 0. The van der Waals surface area contributed by atoms with Crippen LogP contribution in [0.1, 0.15) is 31.2 Å². The molecule has 1 aliphatic carbocycles. The molecule has 3 nitrogen and oxygen atoms in total. The van der Waals surface area contributed by atoms with Gasteiger partial charge in [0.2, 0.25) is 0 Å². The van der Waals surface area contributed by atoms with Crippen molar-refractivity contribution >= 4 is 5.69 Å². The monoisotopic (exact) mass is 366 g/mol. The minimum Gasteiger partial charge on any atom is -0.492 e. The lowest BCUT2D eigenvalue weighted by Gasteiger charge is -2.44. The minimum absolute atomic E-state index is 0.161. The number of anilines is 1. The number of nitrogens with zero attached hydrogens (tertiary/aromatic N) is 2. The first-order valence-corrected chi connectivity index (χ1v) is 10.2. The summed E-state index contributed by atoms with van der Waals surface area (Å²) in [6.07, 6.45) is 4.97. The number of piperazine rings is 1. The number of benzene rings is 2.